The van der Waals surface area contributed by atoms with Gasteiger partial charge >= 0.3 is 0 Å². The molecule has 1 rings (SSSR count). The van der Waals surface area contributed by atoms with E-state index in [4.69, 9.17) is 11.6 Å². The zero-order valence-corrected chi connectivity index (χ0v) is 18.3. The van der Waals surface area contributed by atoms with E-state index in [1.807, 2.05) is 10.9 Å². The largest absolute Gasteiger partial charge is 0.271 e. The molecule has 0 saturated carbocycles. The Morgan fingerprint density at radius 2 is 1.12 bits per heavy atom. The fraction of sp³-hybridized carbons (Fsp3) is 0.870. The Kier molecular flexibility index (Phi) is 15.1. The Hall–Kier alpha value is -0.500. The fourth-order valence-corrected chi connectivity index (χ4v) is 3.90. The molecule has 152 valence electrons. The summed E-state index contributed by atoms with van der Waals surface area (Å²) in [6.07, 6.45) is 25.5. The van der Waals surface area contributed by atoms with E-state index in [2.05, 4.69) is 18.9 Å². The molecule has 0 fully saturated rings. The van der Waals surface area contributed by atoms with Crippen LogP contribution in [0.25, 0.3) is 0 Å². The first-order chi connectivity index (χ1) is 12.8. The summed E-state index contributed by atoms with van der Waals surface area (Å²) in [6, 6.07) is 0. The molecule has 0 spiro atoms. The molecule has 26 heavy (non-hydrogen) atoms. The van der Waals surface area contributed by atoms with Crippen molar-refractivity contribution in [1.29, 1.82) is 0 Å². The lowest BCUT2D eigenvalue weighted by Gasteiger charge is -2.04. The highest BCUT2D eigenvalue weighted by Gasteiger charge is 2.04. The van der Waals surface area contributed by atoms with Crippen LogP contribution in [-0.2, 0) is 13.0 Å². The molecule has 0 bridgehead atoms. The summed E-state index contributed by atoms with van der Waals surface area (Å²) in [4.78, 5) is 0. The summed E-state index contributed by atoms with van der Waals surface area (Å²) in [7, 11) is 0. The second kappa shape index (κ2) is 16.7. The van der Waals surface area contributed by atoms with Crippen LogP contribution in [0.1, 0.15) is 122 Å². The van der Waals surface area contributed by atoms with Crippen LogP contribution in [-0.4, -0.2) is 9.78 Å². The minimum Gasteiger partial charge on any atom is -0.271 e. The summed E-state index contributed by atoms with van der Waals surface area (Å²) < 4.78 is 2.02. The van der Waals surface area contributed by atoms with Gasteiger partial charge in [0.15, 0.2) is 0 Å². The number of aryl methyl sites for hydroxylation is 2. The van der Waals surface area contributed by atoms with Gasteiger partial charge in [-0.2, -0.15) is 5.10 Å². The predicted octanol–water partition coefficient (Wildman–Crippen LogP) is 8.36. The molecule has 0 saturated heterocycles. The molecule has 0 N–H and O–H groups in total. The first-order valence-electron chi connectivity index (χ1n) is 11.5. The highest BCUT2D eigenvalue weighted by atomic mass is 35.5. The topological polar surface area (TPSA) is 17.8 Å². The van der Waals surface area contributed by atoms with Gasteiger partial charge < -0.3 is 0 Å². The standard InChI is InChI=1S/C23H43ClN2/c1-3-5-6-7-8-9-10-11-12-13-14-15-16-17-18-19-20-26-21-22(24)23(4-2)25-26/h21H,3-20H2,1-2H3. The van der Waals surface area contributed by atoms with Crippen LogP contribution in [0.3, 0.4) is 0 Å². The van der Waals surface area contributed by atoms with Crippen molar-refractivity contribution in [3.05, 3.63) is 16.9 Å². The average molecular weight is 383 g/mol. The molecule has 0 aliphatic carbocycles. The number of aromatic nitrogens is 2. The lowest BCUT2D eigenvalue weighted by molar-refractivity contribution is 0.508. The summed E-state index contributed by atoms with van der Waals surface area (Å²) in [5.74, 6) is 0. The molecule has 0 aromatic carbocycles. The second-order valence-corrected chi connectivity index (χ2v) is 8.25. The third-order valence-corrected chi connectivity index (χ3v) is 5.68. The van der Waals surface area contributed by atoms with E-state index in [0.29, 0.717) is 0 Å². The zero-order valence-electron chi connectivity index (χ0n) is 17.6. The molecule has 0 aliphatic rings. The number of unbranched alkanes of at least 4 members (excludes halogenated alkanes) is 15. The van der Waals surface area contributed by atoms with Crippen molar-refractivity contribution in [3.8, 4) is 0 Å². The van der Waals surface area contributed by atoms with Gasteiger partial charge in [-0.1, -0.05) is 122 Å². The highest BCUT2D eigenvalue weighted by molar-refractivity contribution is 6.31. The van der Waals surface area contributed by atoms with Crippen LogP contribution >= 0.6 is 11.6 Å². The van der Waals surface area contributed by atoms with Gasteiger partial charge in [-0.15, -0.1) is 0 Å². The van der Waals surface area contributed by atoms with Gasteiger partial charge in [0.05, 0.1) is 10.7 Å². The fourth-order valence-electron chi connectivity index (χ4n) is 3.61. The summed E-state index contributed by atoms with van der Waals surface area (Å²) >= 11 is 6.14. The molecule has 1 heterocycles. The molecule has 0 radical (unpaired) electrons. The van der Waals surface area contributed by atoms with Crippen molar-refractivity contribution in [2.45, 2.75) is 130 Å². The average Bonchev–Trinajstić information content (AvgIpc) is 3.01. The van der Waals surface area contributed by atoms with E-state index in [0.717, 1.165) is 23.7 Å². The Bertz CT molecular complexity index is 428. The predicted molar refractivity (Wildman–Crippen MR) is 116 cm³/mol. The molecule has 2 nitrogen and oxygen atoms in total. The van der Waals surface area contributed by atoms with Crippen LogP contribution in [0.15, 0.2) is 6.20 Å². The van der Waals surface area contributed by atoms with Crippen molar-refractivity contribution >= 4 is 11.6 Å². The normalized spacial score (nSPS) is 11.3. The maximum absolute atomic E-state index is 6.14. The van der Waals surface area contributed by atoms with Gasteiger partial charge in [-0.25, -0.2) is 0 Å². The summed E-state index contributed by atoms with van der Waals surface area (Å²) in [6.45, 7) is 5.41. The summed E-state index contributed by atoms with van der Waals surface area (Å²) in [5.41, 5.74) is 1.03. The Labute approximate surface area is 168 Å². The van der Waals surface area contributed by atoms with E-state index in [-0.39, 0.29) is 0 Å². The Morgan fingerprint density at radius 3 is 1.50 bits per heavy atom. The van der Waals surface area contributed by atoms with E-state index < -0.39 is 0 Å². The number of rotatable bonds is 18. The lowest BCUT2D eigenvalue weighted by Crippen LogP contribution is -1.99. The van der Waals surface area contributed by atoms with Crippen LogP contribution in [0.4, 0.5) is 0 Å². The van der Waals surface area contributed by atoms with Gasteiger partial charge in [0.2, 0.25) is 0 Å². The van der Waals surface area contributed by atoms with Gasteiger partial charge in [0.1, 0.15) is 0 Å². The minimum absolute atomic E-state index is 0.823. The molecule has 0 amide bonds. The molecule has 0 aliphatic heterocycles. The third-order valence-electron chi connectivity index (χ3n) is 5.36. The van der Waals surface area contributed by atoms with E-state index in [1.54, 1.807) is 0 Å². The van der Waals surface area contributed by atoms with E-state index in [1.165, 1.54) is 103 Å². The summed E-state index contributed by atoms with van der Waals surface area (Å²) in [5, 5.41) is 5.34. The van der Waals surface area contributed by atoms with Gasteiger partial charge in [0, 0.05) is 12.7 Å². The second-order valence-electron chi connectivity index (χ2n) is 7.84. The van der Waals surface area contributed by atoms with E-state index >= 15 is 0 Å². The molecule has 0 unspecified atom stereocenters. The SMILES string of the molecule is CCCCCCCCCCCCCCCCCCn1cc(Cl)c(CC)n1. The number of hydrogen-bond acceptors (Lipinski definition) is 1. The first-order valence-corrected chi connectivity index (χ1v) is 11.9. The van der Waals surface area contributed by atoms with Crippen molar-refractivity contribution in [1.82, 2.24) is 9.78 Å². The molecular weight excluding hydrogens is 340 g/mol. The third kappa shape index (κ3) is 12.0. The quantitative estimate of drug-likeness (QED) is 0.233. The zero-order chi connectivity index (χ0) is 18.9. The van der Waals surface area contributed by atoms with Gasteiger partial charge in [-0.3, -0.25) is 4.68 Å². The van der Waals surface area contributed by atoms with Crippen LogP contribution < -0.4 is 0 Å². The molecule has 3 heteroatoms. The van der Waals surface area contributed by atoms with Crippen LogP contribution in [0.5, 0.6) is 0 Å². The Morgan fingerprint density at radius 1 is 0.692 bits per heavy atom. The van der Waals surface area contributed by atoms with E-state index in [9.17, 15) is 0 Å². The smallest absolute Gasteiger partial charge is 0.0817 e. The van der Waals surface area contributed by atoms with Crippen molar-refractivity contribution in [3.63, 3.8) is 0 Å². The minimum atomic E-state index is 0.823. The van der Waals surface area contributed by atoms with Crippen molar-refractivity contribution < 1.29 is 0 Å². The number of nitrogens with zero attached hydrogens (tertiary/aromatic N) is 2. The Balaban J connectivity index is 1.78. The molecule has 0 atom stereocenters. The molecule has 1 aromatic rings. The molecule has 1 aromatic heterocycles. The number of hydrogen-bond donors (Lipinski definition) is 0. The van der Waals surface area contributed by atoms with Gasteiger partial charge in [-0.05, 0) is 12.8 Å². The van der Waals surface area contributed by atoms with Crippen molar-refractivity contribution in [2.24, 2.45) is 0 Å². The van der Waals surface area contributed by atoms with Gasteiger partial charge in [0.25, 0.3) is 0 Å². The monoisotopic (exact) mass is 382 g/mol. The van der Waals surface area contributed by atoms with Crippen LogP contribution in [0, 0.1) is 0 Å². The maximum Gasteiger partial charge on any atom is 0.0817 e. The van der Waals surface area contributed by atoms with Crippen molar-refractivity contribution in [2.75, 3.05) is 0 Å². The number of halogens is 1. The molecular formula is C23H43ClN2. The first kappa shape index (κ1) is 23.5. The highest BCUT2D eigenvalue weighted by Crippen LogP contribution is 2.16. The lowest BCUT2D eigenvalue weighted by atomic mass is 10.0. The maximum atomic E-state index is 6.14. The van der Waals surface area contributed by atoms with Crippen LogP contribution in [0.2, 0.25) is 5.02 Å².